The number of anilines is 1. The molecule has 0 fully saturated rings. The fourth-order valence-corrected chi connectivity index (χ4v) is 1.95. The van der Waals surface area contributed by atoms with Crippen LogP contribution < -0.4 is 5.32 Å². The molecule has 0 unspecified atom stereocenters. The van der Waals surface area contributed by atoms with Crippen molar-refractivity contribution in [1.82, 2.24) is 0 Å². The Morgan fingerprint density at radius 1 is 1.06 bits per heavy atom. The number of carbonyl (C=O) groups is 1. The van der Waals surface area contributed by atoms with E-state index in [0.717, 1.165) is 11.1 Å². The van der Waals surface area contributed by atoms with Crippen LogP contribution in [-0.4, -0.2) is 5.91 Å². The summed E-state index contributed by atoms with van der Waals surface area (Å²) < 4.78 is 0. The fourth-order valence-electron chi connectivity index (χ4n) is 1.68. The molecule has 0 aliphatic carbocycles. The van der Waals surface area contributed by atoms with Crippen LogP contribution in [0.4, 0.5) is 5.69 Å². The summed E-state index contributed by atoms with van der Waals surface area (Å²) in [6.45, 7) is 3.90. The Labute approximate surface area is 112 Å². The Morgan fingerprint density at radius 2 is 1.72 bits per heavy atom. The normalized spacial score (nSPS) is 10.2. The first-order chi connectivity index (χ1) is 8.58. The zero-order chi connectivity index (χ0) is 13.1. The van der Waals surface area contributed by atoms with Crippen molar-refractivity contribution >= 4 is 23.2 Å². The lowest BCUT2D eigenvalue weighted by molar-refractivity contribution is 0.102. The third-order valence-corrected chi connectivity index (χ3v) is 3.09. The van der Waals surface area contributed by atoms with Gasteiger partial charge < -0.3 is 5.32 Å². The largest absolute Gasteiger partial charge is 0.320 e. The average molecular weight is 260 g/mol. The van der Waals surface area contributed by atoms with Crippen molar-refractivity contribution in [3.05, 3.63) is 64.2 Å². The second-order valence-corrected chi connectivity index (χ2v) is 4.66. The van der Waals surface area contributed by atoms with Crippen molar-refractivity contribution in [2.24, 2.45) is 0 Å². The molecule has 0 aromatic heterocycles. The predicted octanol–water partition coefficient (Wildman–Crippen LogP) is 4.21. The van der Waals surface area contributed by atoms with Gasteiger partial charge in [-0.15, -0.1) is 0 Å². The van der Waals surface area contributed by atoms with E-state index < -0.39 is 0 Å². The Bertz CT molecular complexity index is 555. The first-order valence-corrected chi connectivity index (χ1v) is 6.09. The van der Waals surface area contributed by atoms with E-state index in [9.17, 15) is 4.79 Å². The fraction of sp³-hybridized carbons (Fsp3) is 0.133. The molecule has 18 heavy (non-hydrogen) atoms. The summed E-state index contributed by atoms with van der Waals surface area (Å²) >= 11 is 6.07. The third-order valence-electron chi connectivity index (χ3n) is 2.77. The van der Waals surface area contributed by atoms with Gasteiger partial charge in [-0.05, 0) is 37.6 Å². The van der Waals surface area contributed by atoms with Crippen LogP contribution in [0, 0.1) is 13.8 Å². The highest BCUT2D eigenvalue weighted by Crippen LogP contribution is 2.25. The van der Waals surface area contributed by atoms with Gasteiger partial charge in [0.05, 0.1) is 10.7 Å². The number of nitrogens with one attached hydrogen (secondary N) is 1. The Morgan fingerprint density at radius 3 is 2.33 bits per heavy atom. The molecule has 0 heterocycles. The maximum atomic E-state index is 12.1. The number of halogens is 1. The van der Waals surface area contributed by atoms with E-state index in [1.165, 1.54) is 0 Å². The summed E-state index contributed by atoms with van der Waals surface area (Å²) in [5.41, 5.74) is 3.37. The highest BCUT2D eigenvalue weighted by Gasteiger charge is 2.09. The minimum atomic E-state index is -0.147. The lowest BCUT2D eigenvalue weighted by atomic mass is 10.1. The van der Waals surface area contributed by atoms with Crippen LogP contribution in [0.2, 0.25) is 5.02 Å². The van der Waals surface area contributed by atoms with E-state index in [1.807, 2.05) is 38.1 Å². The van der Waals surface area contributed by atoms with Gasteiger partial charge in [-0.2, -0.15) is 0 Å². The molecule has 0 bridgehead atoms. The quantitative estimate of drug-likeness (QED) is 0.860. The molecule has 0 saturated heterocycles. The zero-order valence-electron chi connectivity index (χ0n) is 10.3. The number of para-hydroxylation sites is 1. The first kappa shape index (κ1) is 12.7. The standard InChI is InChI=1S/C15H14ClNO/c1-10-6-8-12(9-7-10)15(18)17-14-11(2)4-3-5-13(14)16/h3-9H,1-2H3,(H,17,18). The number of amides is 1. The molecular formula is C15H14ClNO. The molecule has 2 nitrogen and oxygen atoms in total. The minimum Gasteiger partial charge on any atom is -0.320 e. The van der Waals surface area contributed by atoms with E-state index in [4.69, 9.17) is 11.6 Å². The number of carbonyl (C=O) groups excluding carboxylic acids is 1. The molecule has 0 aliphatic heterocycles. The SMILES string of the molecule is Cc1ccc(C(=O)Nc2c(C)cccc2Cl)cc1. The van der Waals surface area contributed by atoms with Gasteiger partial charge in [0.2, 0.25) is 0 Å². The van der Waals surface area contributed by atoms with Crippen molar-refractivity contribution in [1.29, 1.82) is 0 Å². The monoisotopic (exact) mass is 259 g/mol. The summed E-state index contributed by atoms with van der Waals surface area (Å²) in [7, 11) is 0. The number of hydrogen-bond donors (Lipinski definition) is 1. The summed E-state index contributed by atoms with van der Waals surface area (Å²) in [4.78, 5) is 12.1. The second-order valence-electron chi connectivity index (χ2n) is 4.25. The van der Waals surface area contributed by atoms with Gasteiger partial charge in [0.15, 0.2) is 0 Å². The lowest BCUT2D eigenvalue weighted by Crippen LogP contribution is -2.13. The Balaban J connectivity index is 2.24. The molecule has 2 aromatic carbocycles. The maximum absolute atomic E-state index is 12.1. The highest BCUT2D eigenvalue weighted by atomic mass is 35.5. The number of hydrogen-bond acceptors (Lipinski definition) is 1. The summed E-state index contributed by atoms with van der Waals surface area (Å²) in [5.74, 6) is -0.147. The van der Waals surface area contributed by atoms with Crippen molar-refractivity contribution in [3.63, 3.8) is 0 Å². The number of benzene rings is 2. The van der Waals surface area contributed by atoms with Crippen molar-refractivity contribution in [2.75, 3.05) is 5.32 Å². The molecule has 1 N–H and O–H groups in total. The molecule has 2 rings (SSSR count). The third kappa shape index (κ3) is 2.71. The van der Waals surface area contributed by atoms with E-state index >= 15 is 0 Å². The van der Waals surface area contributed by atoms with Crippen LogP contribution in [0.3, 0.4) is 0 Å². The van der Waals surface area contributed by atoms with Crippen LogP contribution in [0.1, 0.15) is 21.5 Å². The van der Waals surface area contributed by atoms with Gasteiger partial charge in [-0.1, -0.05) is 41.4 Å². The van der Waals surface area contributed by atoms with Crippen LogP contribution in [0.25, 0.3) is 0 Å². The van der Waals surface area contributed by atoms with Crippen LogP contribution >= 0.6 is 11.6 Å². The van der Waals surface area contributed by atoms with Crippen LogP contribution in [0.15, 0.2) is 42.5 Å². The van der Waals surface area contributed by atoms with Gasteiger partial charge in [0.1, 0.15) is 0 Å². The zero-order valence-corrected chi connectivity index (χ0v) is 11.1. The Kier molecular flexibility index (Phi) is 3.68. The lowest BCUT2D eigenvalue weighted by Gasteiger charge is -2.10. The molecule has 0 saturated carbocycles. The van der Waals surface area contributed by atoms with Gasteiger partial charge in [-0.3, -0.25) is 4.79 Å². The molecular weight excluding hydrogens is 246 g/mol. The number of rotatable bonds is 2. The molecule has 2 aromatic rings. The van der Waals surface area contributed by atoms with E-state index in [1.54, 1.807) is 18.2 Å². The van der Waals surface area contributed by atoms with E-state index in [0.29, 0.717) is 16.3 Å². The molecule has 3 heteroatoms. The first-order valence-electron chi connectivity index (χ1n) is 5.71. The minimum absolute atomic E-state index is 0.147. The van der Waals surface area contributed by atoms with Gasteiger partial charge in [0.25, 0.3) is 5.91 Å². The summed E-state index contributed by atoms with van der Waals surface area (Å²) in [6, 6.07) is 13.0. The number of aryl methyl sites for hydroxylation is 2. The topological polar surface area (TPSA) is 29.1 Å². The van der Waals surface area contributed by atoms with E-state index in [-0.39, 0.29) is 5.91 Å². The molecule has 0 atom stereocenters. The second kappa shape index (κ2) is 5.23. The summed E-state index contributed by atoms with van der Waals surface area (Å²) in [5, 5.41) is 3.39. The van der Waals surface area contributed by atoms with Gasteiger partial charge >= 0.3 is 0 Å². The van der Waals surface area contributed by atoms with Crippen molar-refractivity contribution < 1.29 is 4.79 Å². The van der Waals surface area contributed by atoms with Crippen molar-refractivity contribution in [2.45, 2.75) is 13.8 Å². The molecule has 92 valence electrons. The molecule has 0 aliphatic rings. The predicted molar refractivity (Wildman–Crippen MR) is 75.3 cm³/mol. The van der Waals surface area contributed by atoms with Gasteiger partial charge in [-0.25, -0.2) is 0 Å². The molecule has 1 amide bonds. The van der Waals surface area contributed by atoms with Crippen LogP contribution in [0.5, 0.6) is 0 Å². The van der Waals surface area contributed by atoms with E-state index in [2.05, 4.69) is 5.32 Å². The summed E-state index contributed by atoms with van der Waals surface area (Å²) in [6.07, 6.45) is 0. The highest BCUT2D eigenvalue weighted by molar-refractivity contribution is 6.34. The Hall–Kier alpha value is -1.80. The smallest absolute Gasteiger partial charge is 0.255 e. The van der Waals surface area contributed by atoms with Gasteiger partial charge in [0, 0.05) is 5.56 Å². The van der Waals surface area contributed by atoms with Crippen molar-refractivity contribution in [3.8, 4) is 0 Å². The molecule has 0 radical (unpaired) electrons. The maximum Gasteiger partial charge on any atom is 0.255 e. The van der Waals surface area contributed by atoms with Crippen LogP contribution in [-0.2, 0) is 0 Å². The molecule has 0 spiro atoms. The average Bonchev–Trinajstić information content (AvgIpc) is 2.34.